The van der Waals surface area contributed by atoms with E-state index in [-0.39, 0.29) is 30.4 Å². The van der Waals surface area contributed by atoms with Crippen molar-refractivity contribution in [2.45, 2.75) is 24.3 Å². The first-order chi connectivity index (χ1) is 13.6. The minimum Gasteiger partial charge on any atom is -0.485 e. The summed E-state index contributed by atoms with van der Waals surface area (Å²) in [4.78, 5) is 26.3. The van der Waals surface area contributed by atoms with E-state index in [2.05, 4.69) is 0 Å². The molecule has 0 unspecified atom stereocenters. The Bertz CT molecular complexity index is 817. The fraction of sp³-hybridized carbons (Fsp3) is 0.333. The standard InChI is InChI=1S/C21H22FNO4S/c1-26-21(25)18-11-16(27-19-10-6-5-9-17(19)22)12-23(18)20(24)14-28-13-15-7-3-2-4-8-15/h2-10,16,18H,11-14H2,1H3/t16-,18-/m1/s1. The van der Waals surface area contributed by atoms with E-state index in [0.29, 0.717) is 5.75 Å². The molecule has 0 saturated carbocycles. The van der Waals surface area contributed by atoms with Gasteiger partial charge in [0.15, 0.2) is 11.6 Å². The molecule has 0 bridgehead atoms. The highest BCUT2D eigenvalue weighted by atomic mass is 32.2. The van der Waals surface area contributed by atoms with Crippen molar-refractivity contribution in [2.75, 3.05) is 19.4 Å². The second-order valence-corrected chi connectivity index (χ2v) is 7.46. The Morgan fingerprint density at radius 1 is 1.14 bits per heavy atom. The quantitative estimate of drug-likeness (QED) is 0.664. The van der Waals surface area contributed by atoms with Crippen LogP contribution in [0, 0.1) is 5.82 Å². The Morgan fingerprint density at radius 2 is 1.86 bits per heavy atom. The van der Waals surface area contributed by atoms with Crippen molar-refractivity contribution in [1.82, 2.24) is 4.90 Å². The molecule has 0 aliphatic carbocycles. The monoisotopic (exact) mass is 403 g/mol. The van der Waals surface area contributed by atoms with Gasteiger partial charge in [-0.25, -0.2) is 9.18 Å². The molecule has 0 radical (unpaired) electrons. The van der Waals surface area contributed by atoms with Crippen molar-refractivity contribution in [1.29, 1.82) is 0 Å². The van der Waals surface area contributed by atoms with Crippen molar-refractivity contribution in [2.24, 2.45) is 0 Å². The van der Waals surface area contributed by atoms with Gasteiger partial charge in [-0.2, -0.15) is 0 Å². The summed E-state index contributed by atoms with van der Waals surface area (Å²) in [6.45, 7) is 0.221. The summed E-state index contributed by atoms with van der Waals surface area (Å²) in [6.07, 6.45) is -0.195. The van der Waals surface area contributed by atoms with Crippen molar-refractivity contribution in [3.63, 3.8) is 0 Å². The zero-order chi connectivity index (χ0) is 19.9. The zero-order valence-corrected chi connectivity index (χ0v) is 16.4. The highest BCUT2D eigenvalue weighted by Gasteiger charge is 2.41. The van der Waals surface area contributed by atoms with Crippen LogP contribution < -0.4 is 4.74 Å². The van der Waals surface area contributed by atoms with Crippen LogP contribution in [0.4, 0.5) is 4.39 Å². The lowest BCUT2D eigenvalue weighted by Gasteiger charge is -2.22. The van der Waals surface area contributed by atoms with Crippen LogP contribution >= 0.6 is 11.8 Å². The summed E-state index contributed by atoms with van der Waals surface area (Å²) in [5.41, 5.74) is 1.13. The average Bonchev–Trinajstić information content (AvgIpc) is 3.14. The Hall–Kier alpha value is -2.54. The van der Waals surface area contributed by atoms with Crippen LogP contribution in [0.3, 0.4) is 0 Å². The Morgan fingerprint density at radius 3 is 2.57 bits per heavy atom. The van der Waals surface area contributed by atoms with E-state index >= 15 is 0 Å². The largest absolute Gasteiger partial charge is 0.485 e. The van der Waals surface area contributed by atoms with Gasteiger partial charge >= 0.3 is 5.97 Å². The van der Waals surface area contributed by atoms with Crippen molar-refractivity contribution >= 4 is 23.6 Å². The third-order valence-electron chi connectivity index (χ3n) is 4.52. The number of thioether (sulfide) groups is 1. The molecule has 1 saturated heterocycles. The molecule has 0 N–H and O–H groups in total. The van der Waals surface area contributed by atoms with E-state index in [1.807, 2.05) is 30.3 Å². The molecular weight excluding hydrogens is 381 g/mol. The molecule has 148 valence electrons. The molecule has 1 heterocycles. The van der Waals surface area contributed by atoms with E-state index in [9.17, 15) is 14.0 Å². The van der Waals surface area contributed by atoms with Crippen LogP contribution in [-0.4, -0.2) is 48.3 Å². The van der Waals surface area contributed by atoms with Crippen molar-refractivity contribution < 1.29 is 23.5 Å². The predicted molar refractivity (Wildman–Crippen MR) is 106 cm³/mol. The lowest BCUT2D eigenvalue weighted by Crippen LogP contribution is -2.42. The lowest BCUT2D eigenvalue weighted by atomic mass is 10.2. The van der Waals surface area contributed by atoms with E-state index in [1.54, 1.807) is 12.1 Å². The van der Waals surface area contributed by atoms with Crippen LogP contribution in [0.2, 0.25) is 0 Å². The zero-order valence-electron chi connectivity index (χ0n) is 15.5. The summed E-state index contributed by atoms with van der Waals surface area (Å²) in [5, 5.41) is 0. The number of likely N-dealkylation sites (tertiary alicyclic amines) is 1. The minimum absolute atomic E-state index is 0.115. The number of nitrogens with zero attached hydrogens (tertiary/aromatic N) is 1. The number of hydrogen-bond acceptors (Lipinski definition) is 5. The smallest absolute Gasteiger partial charge is 0.328 e. The van der Waals surface area contributed by atoms with E-state index in [4.69, 9.17) is 9.47 Å². The highest BCUT2D eigenvalue weighted by Crippen LogP contribution is 2.26. The lowest BCUT2D eigenvalue weighted by molar-refractivity contribution is -0.150. The minimum atomic E-state index is -0.716. The first-order valence-corrected chi connectivity index (χ1v) is 10.1. The number of amides is 1. The van der Waals surface area contributed by atoms with Gasteiger partial charge in [-0.3, -0.25) is 4.79 Å². The van der Waals surface area contributed by atoms with E-state index in [1.165, 1.54) is 35.9 Å². The second-order valence-electron chi connectivity index (χ2n) is 6.47. The molecule has 1 amide bonds. The maximum absolute atomic E-state index is 13.8. The van der Waals surface area contributed by atoms with Crippen molar-refractivity contribution in [3.05, 3.63) is 66.0 Å². The van der Waals surface area contributed by atoms with E-state index in [0.717, 1.165) is 5.56 Å². The molecule has 1 fully saturated rings. The number of carbonyl (C=O) groups is 2. The number of esters is 1. The average molecular weight is 403 g/mol. The molecule has 0 spiro atoms. The number of halogens is 1. The van der Waals surface area contributed by atoms with E-state index < -0.39 is 23.9 Å². The molecular formula is C21H22FNO4S. The van der Waals surface area contributed by atoms with Crippen LogP contribution in [0.5, 0.6) is 5.75 Å². The fourth-order valence-electron chi connectivity index (χ4n) is 3.15. The van der Waals surface area contributed by atoms with Crippen LogP contribution in [-0.2, 0) is 20.1 Å². The second kappa shape index (κ2) is 9.59. The summed E-state index contributed by atoms with van der Waals surface area (Å²) < 4.78 is 24.4. The number of hydrogen-bond donors (Lipinski definition) is 0. The maximum Gasteiger partial charge on any atom is 0.328 e. The SMILES string of the molecule is COC(=O)[C@H]1C[C@@H](Oc2ccccc2F)CN1C(=O)CSCc1ccccc1. The summed E-state index contributed by atoms with van der Waals surface area (Å²) in [5.74, 6) is -0.0472. The molecule has 28 heavy (non-hydrogen) atoms. The normalized spacial score (nSPS) is 18.7. The molecule has 3 rings (SSSR count). The topological polar surface area (TPSA) is 55.8 Å². The predicted octanol–water partition coefficient (Wildman–Crippen LogP) is 3.28. The van der Waals surface area contributed by atoms with Gasteiger partial charge in [0.1, 0.15) is 12.1 Å². The van der Waals surface area contributed by atoms with Gasteiger partial charge in [-0.1, -0.05) is 42.5 Å². The number of ether oxygens (including phenoxy) is 2. The van der Waals surface area contributed by atoms with Gasteiger partial charge < -0.3 is 14.4 Å². The molecule has 0 aromatic heterocycles. The Labute approximate surface area is 167 Å². The number of rotatable bonds is 7. The van der Waals surface area contributed by atoms with Gasteiger partial charge in [0.05, 0.1) is 19.4 Å². The van der Waals surface area contributed by atoms with Crippen molar-refractivity contribution in [3.8, 4) is 5.75 Å². The summed E-state index contributed by atoms with van der Waals surface area (Å²) in [7, 11) is 1.29. The third-order valence-corrected chi connectivity index (χ3v) is 5.51. The maximum atomic E-state index is 13.8. The molecule has 7 heteroatoms. The number of benzene rings is 2. The summed E-state index contributed by atoms with van der Waals surface area (Å²) >= 11 is 1.49. The van der Waals surface area contributed by atoms with Crippen LogP contribution in [0.1, 0.15) is 12.0 Å². The first kappa shape index (κ1) is 20.2. The fourth-order valence-corrected chi connectivity index (χ4v) is 4.02. The van der Waals surface area contributed by atoms with Gasteiger partial charge in [0, 0.05) is 12.2 Å². The number of para-hydroxylation sites is 1. The van der Waals surface area contributed by atoms with Gasteiger partial charge in [-0.05, 0) is 17.7 Å². The number of methoxy groups -OCH3 is 1. The molecule has 1 aliphatic heterocycles. The summed E-state index contributed by atoms with van der Waals surface area (Å²) in [6, 6.07) is 15.2. The first-order valence-electron chi connectivity index (χ1n) is 8.98. The molecule has 5 nitrogen and oxygen atoms in total. The Balaban J connectivity index is 1.61. The van der Waals surface area contributed by atoms with Gasteiger partial charge in [0.2, 0.25) is 5.91 Å². The van der Waals surface area contributed by atoms with Crippen LogP contribution in [0.15, 0.2) is 54.6 Å². The third kappa shape index (κ3) is 5.04. The van der Waals surface area contributed by atoms with Gasteiger partial charge in [-0.15, -0.1) is 11.8 Å². The number of carbonyl (C=O) groups excluding carboxylic acids is 2. The van der Waals surface area contributed by atoms with Gasteiger partial charge in [0.25, 0.3) is 0 Å². The molecule has 2 aromatic carbocycles. The molecule has 1 aliphatic rings. The highest BCUT2D eigenvalue weighted by molar-refractivity contribution is 7.99. The molecule has 2 aromatic rings. The van der Waals surface area contributed by atoms with Crippen LogP contribution in [0.25, 0.3) is 0 Å². The molecule has 2 atom stereocenters. The Kier molecular flexibility index (Phi) is 6.92.